The van der Waals surface area contributed by atoms with Gasteiger partial charge in [0.25, 0.3) is 0 Å². The molecule has 1 amide bonds. The molecule has 2 rings (SSSR count). The molecule has 144 valence electrons. The third-order valence-corrected chi connectivity index (χ3v) is 4.49. The topological polar surface area (TPSA) is 72.3 Å². The Kier molecular flexibility index (Phi) is 7.16. The molecular formula is C18H29N5O2S. The Balaban J connectivity index is 1.83. The van der Waals surface area contributed by atoms with Crippen molar-refractivity contribution in [1.82, 2.24) is 25.0 Å². The highest BCUT2D eigenvalue weighted by atomic mass is 32.1. The normalized spacial score (nSPS) is 11.8. The highest BCUT2D eigenvalue weighted by molar-refractivity contribution is 7.14. The van der Waals surface area contributed by atoms with E-state index >= 15 is 0 Å². The molecule has 0 aliphatic rings. The molecule has 0 radical (unpaired) electrons. The molecule has 1 N–H and O–H groups in total. The number of alkyl carbamates (subject to hydrolysis) is 1. The van der Waals surface area contributed by atoms with Gasteiger partial charge in [-0.1, -0.05) is 11.3 Å². The number of rotatable bonds is 8. The maximum Gasteiger partial charge on any atom is 0.407 e. The van der Waals surface area contributed by atoms with E-state index in [0.717, 1.165) is 29.4 Å². The molecule has 0 aliphatic carbocycles. The van der Waals surface area contributed by atoms with Gasteiger partial charge >= 0.3 is 6.09 Å². The summed E-state index contributed by atoms with van der Waals surface area (Å²) in [5.41, 5.74) is 0.716. The summed E-state index contributed by atoms with van der Waals surface area (Å²) < 4.78 is 7.02. The van der Waals surface area contributed by atoms with Gasteiger partial charge in [0.2, 0.25) is 5.13 Å². The van der Waals surface area contributed by atoms with Gasteiger partial charge in [-0.2, -0.15) is 5.10 Å². The zero-order valence-corrected chi connectivity index (χ0v) is 17.1. The lowest BCUT2D eigenvalue weighted by Crippen LogP contribution is -2.31. The third kappa shape index (κ3) is 7.13. The van der Waals surface area contributed by atoms with E-state index in [1.54, 1.807) is 10.9 Å². The Morgan fingerprint density at radius 1 is 1.31 bits per heavy atom. The molecule has 26 heavy (non-hydrogen) atoms. The summed E-state index contributed by atoms with van der Waals surface area (Å²) in [5.74, 6) is 0. The van der Waals surface area contributed by atoms with Crippen LogP contribution in [-0.2, 0) is 17.7 Å². The second kappa shape index (κ2) is 9.14. The standard InChI is InChI=1S/C18H29N5O2S/c1-18(2,3)25-17(24)20-12-15-11-19-16(26-15)23-13-14(10-21-23)8-6-7-9-22(4)5/h10-11,13H,6-9,12H2,1-5H3,(H,20,24). The van der Waals surface area contributed by atoms with Crippen LogP contribution in [0.15, 0.2) is 18.6 Å². The predicted molar refractivity (Wildman–Crippen MR) is 104 cm³/mol. The summed E-state index contributed by atoms with van der Waals surface area (Å²) in [7, 11) is 4.19. The number of amides is 1. The number of nitrogens with zero attached hydrogens (tertiary/aromatic N) is 4. The Morgan fingerprint density at radius 3 is 2.77 bits per heavy atom. The van der Waals surface area contributed by atoms with E-state index in [1.807, 2.05) is 33.2 Å². The van der Waals surface area contributed by atoms with Gasteiger partial charge in [0.1, 0.15) is 5.60 Å². The molecule has 0 atom stereocenters. The van der Waals surface area contributed by atoms with Gasteiger partial charge in [-0.25, -0.2) is 14.5 Å². The van der Waals surface area contributed by atoms with Gasteiger partial charge in [0.15, 0.2) is 0 Å². The van der Waals surface area contributed by atoms with Crippen LogP contribution in [0.25, 0.3) is 5.13 Å². The molecule has 0 saturated heterocycles. The largest absolute Gasteiger partial charge is 0.444 e. The quantitative estimate of drug-likeness (QED) is 0.713. The van der Waals surface area contributed by atoms with Crippen molar-refractivity contribution in [3.63, 3.8) is 0 Å². The first kappa shape index (κ1) is 20.4. The third-order valence-electron chi connectivity index (χ3n) is 3.50. The van der Waals surface area contributed by atoms with Crippen LogP contribution >= 0.6 is 11.3 Å². The molecule has 0 saturated carbocycles. The number of unbranched alkanes of at least 4 members (excludes halogenated alkanes) is 1. The summed E-state index contributed by atoms with van der Waals surface area (Å²) in [6.07, 6.45) is 8.60. The van der Waals surface area contributed by atoms with Gasteiger partial charge in [-0.15, -0.1) is 0 Å². The molecule has 8 heteroatoms. The summed E-state index contributed by atoms with van der Waals surface area (Å²) >= 11 is 1.50. The number of nitrogens with one attached hydrogen (secondary N) is 1. The summed E-state index contributed by atoms with van der Waals surface area (Å²) in [6.45, 7) is 7.02. The average Bonchev–Trinajstić information content (AvgIpc) is 3.16. The van der Waals surface area contributed by atoms with Gasteiger partial charge in [-0.05, 0) is 66.2 Å². The van der Waals surface area contributed by atoms with E-state index in [4.69, 9.17) is 4.74 Å². The van der Waals surface area contributed by atoms with E-state index in [0.29, 0.717) is 6.54 Å². The Labute approximate surface area is 159 Å². The molecule has 2 heterocycles. The lowest BCUT2D eigenvalue weighted by molar-refractivity contribution is 0.0524. The van der Waals surface area contributed by atoms with Gasteiger partial charge in [-0.3, -0.25) is 0 Å². The van der Waals surface area contributed by atoms with Crippen molar-refractivity contribution in [2.45, 2.75) is 52.2 Å². The van der Waals surface area contributed by atoms with Crippen molar-refractivity contribution in [2.24, 2.45) is 0 Å². The summed E-state index contributed by atoms with van der Waals surface area (Å²) in [5, 5.41) is 7.94. The van der Waals surface area contributed by atoms with Crippen LogP contribution in [-0.4, -0.2) is 52.0 Å². The van der Waals surface area contributed by atoms with E-state index < -0.39 is 11.7 Å². The molecule has 0 aromatic carbocycles. The van der Waals surface area contributed by atoms with Crippen LogP contribution in [0, 0.1) is 0 Å². The molecule has 7 nitrogen and oxygen atoms in total. The van der Waals surface area contributed by atoms with Crippen LogP contribution in [0.3, 0.4) is 0 Å². The highest BCUT2D eigenvalue weighted by Gasteiger charge is 2.16. The van der Waals surface area contributed by atoms with Crippen molar-refractivity contribution < 1.29 is 9.53 Å². The maximum atomic E-state index is 11.7. The van der Waals surface area contributed by atoms with Crippen molar-refractivity contribution in [1.29, 1.82) is 0 Å². The smallest absolute Gasteiger partial charge is 0.407 e. The number of carbonyl (C=O) groups excluding carboxylic acids is 1. The van der Waals surface area contributed by atoms with Gasteiger partial charge < -0.3 is 15.0 Å². The van der Waals surface area contributed by atoms with Crippen molar-refractivity contribution >= 4 is 17.4 Å². The second-order valence-electron chi connectivity index (χ2n) is 7.52. The predicted octanol–water partition coefficient (Wildman–Crippen LogP) is 3.24. The average molecular weight is 380 g/mol. The number of carbonyl (C=O) groups is 1. The number of hydrogen-bond donors (Lipinski definition) is 1. The zero-order valence-electron chi connectivity index (χ0n) is 16.3. The fourth-order valence-corrected chi connectivity index (χ4v) is 3.09. The van der Waals surface area contributed by atoms with E-state index in [2.05, 4.69) is 34.4 Å². The van der Waals surface area contributed by atoms with Crippen LogP contribution in [0.2, 0.25) is 0 Å². The zero-order chi connectivity index (χ0) is 19.2. The Bertz CT molecular complexity index is 703. The monoisotopic (exact) mass is 379 g/mol. The summed E-state index contributed by atoms with van der Waals surface area (Å²) in [4.78, 5) is 19.3. The summed E-state index contributed by atoms with van der Waals surface area (Å²) in [6, 6.07) is 0. The lowest BCUT2D eigenvalue weighted by atomic mass is 10.1. The lowest BCUT2D eigenvalue weighted by Gasteiger charge is -2.19. The van der Waals surface area contributed by atoms with E-state index in [-0.39, 0.29) is 0 Å². The first-order valence-electron chi connectivity index (χ1n) is 8.83. The van der Waals surface area contributed by atoms with Crippen LogP contribution in [0.1, 0.15) is 44.1 Å². The Hall–Kier alpha value is -1.93. The first-order valence-corrected chi connectivity index (χ1v) is 9.65. The minimum atomic E-state index is -0.499. The Morgan fingerprint density at radius 2 is 2.08 bits per heavy atom. The molecule has 0 aliphatic heterocycles. The number of aryl methyl sites for hydroxylation is 1. The first-order chi connectivity index (χ1) is 12.2. The minimum Gasteiger partial charge on any atom is -0.444 e. The van der Waals surface area contributed by atoms with E-state index in [1.165, 1.54) is 23.3 Å². The molecule has 2 aromatic heterocycles. The number of thiazole rings is 1. The molecule has 0 unspecified atom stereocenters. The highest BCUT2D eigenvalue weighted by Crippen LogP contribution is 2.18. The fraction of sp³-hybridized carbons (Fsp3) is 0.611. The minimum absolute atomic E-state index is 0.394. The molecule has 0 spiro atoms. The molecular weight excluding hydrogens is 350 g/mol. The maximum absolute atomic E-state index is 11.7. The number of hydrogen-bond acceptors (Lipinski definition) is 6. The van der Waals surface area contributed by atoms with Gasteiger partial charge in [0.05, 0.1) is 12.7 Å². The SMILES string of the molecule is CN(C)CCCCc1cnn(-c2ncc(CNC(=O)OC(C)(C)C)s2)c1. The van der Waals surface area contributed by atoms with Crippen LogP contribution in [0.5, 0.6) is 0 Å². The van der Waals surface area contributed by atoms with Crippen LogP contribution < -0.4 is 5.32 Å². The van der Waals surface area contributed by atoms with Gasteiger partial charge in [0, 0.05) is 17.3 Å². The van der Waals surface area contributed by atoms with Crippen molar-refractivity contribution in [2.75, 3.05) is 20.6 Å². The van der Waals surface area contributed by atoms with E-state index in [9.17, 15) is 4.79 Å². The van der Waals surface area contributed by atoms with Crippen molar-refractivity contribution in [3.8, 4) is 5.13 Å². The van der Waals surface area contributed by atoms with Crippen LogP contribution in [0.4, 0.5) is 4.79 Å². The molecule has 2 aromatic rings. The number of ether oxygens (including phenoxy) is 1. The molecule has 0 fully saturated rings. The van der Waals surface area contributed by atoms with Crippen molar-refractivity contribution in [3.05, 3.63) is 29.0 Å². The fourth-order valence-electron chi connectivity index (χ4n) is 2.31. The number of aromatic nitrogens is 3. The second-order valence-corrected chi connectivity index (χ2v) is 8.61. The molecule has 0 bridgehead atoms.